The third-order valence-electron chi connectivity index (χ3n) is 2.36. The molecule has 0 aliphatic carbocycles. The molecule has 2 rings (SSSR count). The molecule has 3 N–H and O–H groups in total. The average molecular weight is 303 g/mol. The first-order valence-electron chi connectivity index (χ1n) is 5.87. The van der Waals surface area contributed by atoms with Crippen molar-refractivity contribution in [3.05, 3.63) is 54.6 Å². The first kappa shape index (κ1) is 14.4. The highest BCUT2D eigenvalue weighted by Gasteiger charge is 2.01. The van der Waals surface area contributed by atoms with Crippen molar-refractivity contribution >= 4 is 46.1 Å². The van der Waals surface area contributed by atoms with E-state index in [0.29, 0.717) is 10.7 Å². The number of carbonyl (C=O) groups excluding carboxylic acids is 1. The smallest absolute Gasteiger partial charge is 0.225 e. The number of carbonyl (C=O) groups is 1. The summed E-state index contributed by atoms with van der Waals surface area (Å²) in [6.45, 7) is 0. The van der Waals surface area contributed by atoms with Gasteiger partial charge in [0, 0.05) is 10.6 Å². The molecule has 0 fully saturated rings. The summed E-state index contributed by atoms with van der Waals surface area (Å²) in [5, 5.41) is 3.15. The number of hydrogen-bond donors (Lipinski definition) is 3. The van der Waals surface area contributed by atoms with Gasteiger partial charge < -0.3 is 5.32 Å². The number of hydrazine groups is 1. The largest absolute Gasteiger partial charge is 0.341 e. The summed E-state index contributed by atoms with van der Waals surface area (Å²) in [6, 6.07) is 17.4. The van der Waals surface area contributed by atoms with Crippen molar-refractivity contribution in [2.24, 2.45) is 0 Å². The van der Waals surface area contributed by atoms with Crippen LogP contribution >= 0.6 is 24.0 Å². The molecule has 0 bridgehead atoms. The van der Waals surface area contributed by atoms with Crippen molar-refractivity contribution in [1.82, 2.24) is 5.43 Å². The predicted molar refractivity (Wildman–Crippen MR) is 87.8 cm³/mol. The Labute approximate surface area is 126 Å². The molecule has 20 heavy (non-hydrogen) atoms. The van der Waals surface area contributed by atoms with Crippen molar-refractivity contribution in [2.75, 3.05) is 10.7 Å². The molecule has 0 spiro atoms. The fourth-order valence-corrected chi connectivity index (χ4v) is 2.57. The van der Waals surface area contributed by atoms with Crippen LogP contribution < -0.4 is 16.2 Å². The molecule has 2 aromatic rings. The third kappa shape index (κ3) is 4.56. The number of nitrogens with one attached hydrogen (secondary N) is 3. The number of anilines is 2. The minimum absolute atomic E-state index is 0.581. The van der Waals surface area contributed by atoms with Crippen LogP contribution in [-0.4, -0.2) is 10.7 Å². The second-order valence-electron chi connectivity index (χ2n) is 3.79. The Kier molecular flexibility index (Phi) is 5.40. The van der Waals surface area contributed by atoms with Gasteiger partial charge in [-0.25, -0.2) is 0 Å². The fourth-order valence-electron chi connectivity index (χ4n) is 1.49. The highest BCUT2D eigenvalue weighted by atomic mass is 32.2. The molecule has 0 saturated heterocycles. The molecule has 0 aromatic heterocycles. The van der Waals surface area contributed by atoms with E-state index in [-0.39, 0.29) is 0 Å². The SMILES string of the molecule is O=CNNc1ccc(NC(=S)Sc2ccccc2)cc1. The Balaban J connectivity index is 1.89. The topological polar surface area (TPSA) is 53.2 Å². The lowest BCUT2D eigenvalue weighted by Crippen LogP contribution is -2.18. The molecule has 0 saturated carbocycles. The van der Waals surface area contributed by atoms with Gasteiger partial charge in [-0.15, -0.1) is 0 Å². The second-order valence-corrected chi connectivity index (χ2v) is 5.54. The van der Waals surface area contributed by atoms with E-state index < -0.39 is 0 Å². The lowest BCUT2D eigenvalue weighted by Gasteiger charge is -2.09. The van der Waals surface area contributed by atoms with Gasteiger partial charge in [-0.1, -0.05) is 42.2 Å². The average Bonchev–Trinajstić information content (AvgIpc) is 2.47. The van der Waals surface area contributed by atoms with Crippen molar-refractivity contribution in [1.29, 1.82) is 0 Å². The van der Waals surface area contributed by atoms with Crippen molar-refractivity contribution in [2.45, 2.75) is 4.90 Å². The van der Waals surface area contributed by atoms with Crippen LogP contribution in [0.5, 0.6) is 0 Å². The molecule has 6 heteroatoms. The number of thioether (sulfide) groups is 1. The fraction of sp³-hybridized carbons (Fsp3) is 0. The summed E-state index contributed by atoms with van der Waals surface area (Å²) in [6.07, 6.45) is 0.581. The number of thiocarbonyl (C=S) groups is 1. The van der Waals surface area contributed by atoms with Crippen LogP contribution in [0.1, 0.15) is 0 Å². The zero-order valence-electron chi connectivity index (χ0n) is 10.5. The first-order valence-corrected chi connectivity index (χ1v) is 7.09. The molecule has 0 aliphatic rings. The summed E-state index contributed by atoms with van der Waals surface area (Å²) < 4.78 is 0.683. The van der Waals surface area contributed by atoms with Gasteiger partial charge in [0.05, 0.1) is 5.69 Å². The van der Waals surface area contributed by atoms with Crippen molar-refractivity contribution in [3.8, 4) is 0 Å². The molecule has 0 radical (unpaired) electrons. The van der Waals surface area contributed by atoms with Gasteiger partial charge >= 0.3 is 0 Å². The maximum atomic E-state index is 10.2. The van der Waals surface area contributed by atoms with Crippen LogP contribution in [0.2, 0.25) is 0 Å². The Bertz CT molecular complexity index is 573. The van der Waals surface area contributed by atoms with Crippen LogP contribution in [0.15, 0.2) is 59.5 Å². The summed E-state index contributed by atoms with van der Waals surface area (Å²) in [5.41, 5.74) is 6.80. The number of hydrogen-bond acceptors (Lipinski definition) is 4. The Morgan fingerprint density at radius 2 is 1.65 bits per heavy atom. The Morgan fingerprint density at radius 1 is 1.00 bits per heavy atom. The molecule has 4 nitrogen and oxygen atoms in total. The van der Waals surface area contributed by atoms with Gasteiger partial charge in [-0.3, -0.25) is 15.6 Å². The van der Waals surface area contributed by atoms with Crippen molar-refractivity contribution < 1.29 is 4.79 Å². The first-order chi connectivity index (χ1) is 9.78. The summed E-state index contributed by atoms with van der Waals surface area (Å²) in [7, 11) is 0. The molecule has 0 heterocycles. The summed E-state index contributed by atoms with van der Waals surface area (Å²) in [4.78, 5) is 11.3. The van der Waals surface area contributed by atoms with Crippen LogP contribution in [0.25, 0.3) is 0 Å². The third-order valence-corrected chi connectivity index (χ3v) is 3.51. The van der Waals surface area contributed by atoms with E-state index in [0.717, 1.165) is 16.3 Å². The second kappa shape index (κ2) is 7.52. The molecule has 102 valence electrons. The number of rotatable bonds is 5. The molecule has 0 aliphatic heterocycles. The van der Waals surface area contributed by atoms with E-state index in [1.54, 1.807) is 0 Å². The van der Waals surface area contributed by atoms with Gasteiger partial charge in [0.15, 0.2) is 0 Å². The van der Waals surface area contributed by atoms with Gasteiger partial charge in [0.2, 0.25) is 6.41 Å². The van der Waals surface area contributed by atoms with E-state index in [9.17, 15) is 4.79 Å². The number of amides is 1. The van der Waals surface area contributed by atoms with Crippen LogP contribution in [0.4, 0.5) is 11.4 Å². The molecular weight excluding hydrogens is 290 g/mol. The van der Waals surface area contributed by atoms with Gasteiger partial charge in [0.25, 0.3) is 0 Å². The van der Waals surface area contributed by atoms with Crippen LogP contribution in [-0.2, 0) is 4.79 Å². The zero-order valence-corrected chi connectivity index (χ0v) is 12.1. The van der Waals surface area contributed by atoms with E-state index in [2.05, 4.69) is 16.2 Å². The van der Waals surface area contributed by atoms with Gasteiger partial charge in [-0.2, -0.15) is 0 Å². The molecule has 2 aromatic carbocycles. The lowest BCUT2D eigenvalue weighted by molar-refractivity contribution is -0.109. The highest BCUT2D eigenvalue weighted by molar-refractivity contribution is 8.23. The van der Waals surface area contributed by atoms with E-state index in [1.807, 2.05) is 54.6 Å². The molecule has 0 unspecified atom stereocenters. The summed E-state index contributed by atoms with van der Waals surface area (Å²) >= 11 is 6.80. The Hall–Kier alpha value is -2.05. The predicted octanol–water partition coefficient (Wildman–Crippen LogP) is 3.25. The van der Waals surface area contributed by atoms with Crippen LogP contribution in [0, 0.1) is 0 Å². The standard InChI is InChI=1S/C14H13N3OS2/c18-10-15-17-12-8-6-11(7-9-12)16-14(19)20-13-4-2-1-3-5-13/h1-10,17H,(H,15,18)(H,16,19). The lowest BCUT2D eigenvalue weighted by atomic mass is 10.3. The maximum absolute atomic E-state index is 10.2. The minimum Gasteiger partial charge on any atom is -0.341 e. The van der Waals surface area contributed by atoms with Gasteiger partial charge in [0.1, 0.15) is 4.32 Å². The summed E-state index contributed by atoms with van der Waals surface area (Å²) in [5.74, 6) is 0. The quantitative estimate of drug-likeness (QED) is 0.343. The number of benzene rings is 2. The van der Waals surface area contributed by atoms with E-state index in [4.69, 9.17) is 12.2 Å². The van der Waals surface area contributed by atoms with E-state index in [1.165, 1.54) is 11.8 Å². The monoisotopic (exact) mass is 303 g/mol. The van der Waals surface area contributed by atoms with Gasteiger partial charge in [-0.05, 0) is 36.4 Å². The highest BCUT2D eigenvalue weighted by Crippen LogP contribution is 2.21. The molecule has 1 amide bonds. The molecule has 0 atom stereocenters. The Morgan fingerprint density at radius 3 is 2.30 bits per heavy atom. The minimum atomic E-state index is 0.581. The molecular formula is C14H13N3OS2. The van der Waals surface area contributed by atoms with E-state index >= 15 is 0 Å². The normalized spacial score (nSPS) is 9.60. The maximum Gasteiger partial charge on any atom is 0.225 e. The van der Waals surface area contributed by atoms with Crippen LogP contribution in [0.3, 0.4) is 0 Å². The zero-order chi connectivity index (χ0) is 14.2. The van der Waals surface area contributed by atoms with Crippen molar-refractivity contribution in [3.63, 3.8) is 0 Å².